The molecular weight excluding hydrogens is 334 g/mol. The number of nitrogens with zero attached hydrogens (tertiary/aromatic N) is 6. The summed E-state index contributed by atoms with van der Waals surface area (Å²) in [5, 5.41) is 16.8. The van der Waals surface area contributed by atoms with E-state index in [1.165, 1.54) is 11.0 Å². The van der Waals surface area contributed by atoms with Gasteiger partial charge in [0.1, 0.15) is 6.33 Å². The molecule has 0 atom stereocenters. The molecule has 0 amide bonds. The second kappa shape index (κ2) is 6.95. The summed E-state index contributed by atoms with van der Waals surface area (Å²) in [7, 11) is 0. The number of H-pyrrole nitrogens is 1. The normalized spacial score (nSPS) is 11.4. The van der Waals surface area contributed by atoms with Crippen molar-refractivity contribution < 1.29 is 9.53 Å². The van der Waals surface area contributed by atoms with Crippen LogP contribution < -0.4 is 0 Å². The quantitative estimate of drug-likeness (QED) is 0.557. The van der Waals surface area contributed by atoms with E-state index in [9.17, 15) is 4.79 Å². The number of rotatable bonds is 5. The topological polar surface area (TPSA) is 103 Å². The highest BCUT2D eigenvalue weighted by Gasteiger charge is 2.18. The number of carbonyl (C=O) groups excluding carboxylic acids is 1. The minimum Gasteiger partial charge on any atom is -0.462 e. The summed E-state index contributed by atoms with van der Waals surface area (Å²) in [6, 6.07) is 1.95. The Balaban J connectivity index is 1.93. The van der Waals surface area contributed by atoms with E-state index in [0.29, 0.717) is 18.1 Å². The Morgan fingerprint density at radius 2 is 2.12 bits per heavy atom. The molecule has 0 aliphatic rings. The summed E-state index contributed by atoms with van der Waals surface area (Å²) in [6.07, 6.45) is 3.13. The van der Waals surface area contributed by atoms with Crippen molar-refractivity contribution in [1.29, 1.82) is 0 Å². The highest BCUT2D eigenvalue weighted by Crippen LogP contribution is 2.18. The van der Waals surface area contributed by atoms with Gasteiger partial charge in [-0.1, -0.05) is 0 Å². The molecule has 0 aromatic carbocycles. The zero-order valence-electron chi connectivity index (χ0n) is 15.4. The predicted octanol–water partition coefficient (Wildman–Crippen LogP) is 2.08. The first-order chi connectivity index (χ1) is 12.4. The zero-order chi connectivity index (χ0) is 18.8. The molecule has 3 aromatic rings. The van der Waals surface area contributed by atoms with E-state index in [4.69, 9.17) is 4.74 Å². The summed E-state index contributed by atoms with van der Waals surface area (Å²) >= 11 is 0. The lowest BCUT2D eigenvalue weighted by atomic mass is 10.1. The molecule has 3 aromatic heterocycles. The van der Waals surface area contributed by atoms with Crippen LogP contribution in [0.5, 0.6) is 0 Å². The van der Waals surface area contributed by atoms with E-state index in [0.717, 1.165) is 28.3 Å². The largest absolute Gasteiger partial charge is 0.462 e. The van der Waals surface area contributed by atoms with E-state index < -0.39 is 0 Å². The summed E-state index contributed by atoms with van der Waals surface area (Å²) in [6.45, 7) is 9.65. The van der Waals surface area contributed by atoms with Crippen LogP contribution >= 0.6 is 0 Å². The maximum Gasteiger partial charge on any atom is 0.340 e. The Labute approximate surface area is 150 Å². The second-order valence-corrected chi connectivity index (χ2v) is 5.94. The van der Waals surface area contributed by atoms with Gasteiger partial charge in [-0.3, -0.25) is 0 Å². The molecule has 1 N–H and O–H groups in total. The summed E-state index contributed by atoms with van der Waals surface area (Å²) in [5.74, 6) is 0.143. The second-order valence-electron chi connectivity index (χ2n) is 5.94. The first kappa shape index (κ1) is 17.6. The van der Waals surface area contributed by atoms with Crippen LogP contribution in [0.2, 0.25) is 0 Å². The van der Waals surface area contributed by atoms with Crippen molar-refractivity contribution >= 4 is 12.2 Å². The lowest BCUT2D eigenvalue weighted by Crippen LogP contribution is -2.07. The van der Waals surface area contributed by atoms with Crippen LogP contribution in [0.25, 0.3) is 5.95 Å². The molecule has 0 saturated heterocycles. The molecule has 136 valence electrons. The van der Waals surface area contributed by atoms with E-state index >= 15 is 0 Å². The molecule has 9 nitrogen and oxygen atoms in total. The molecule has 9 heteroatoms. The van der Waals surface area contributed by atoms with Gasteiger partial charge in [0.2, 0.25) is 0 Å². The molecule has 0 aliphatic heterocycles. The van der Waals surface area contributed by atoms with Crippen LogP contribution in [-0.2, 0) is 4.74 Å². The fourth-order valence-electron chi connectivity index (χ4n) is 2.81. The van der Waals surface area contributed by atoms with E-state index in [1.54, 1.807) is 17.8 Å². The third-order valence-electron chi connectivity index (χ3n) is 3.98. The maximum atomic E-state index is 12.1. The van der Waals surface area contributed by atoms with Gasteiger partial charge < -0.3 is 9.72 Å². The number of aryl methyl sites for hydroxylation is 3. The minimum absolute atomic E-state index is 0.332. The van der Waals surface area contributed by atoms with Crippen molar-refractivity contribution in [2.24, 2.45) is 5.10 Å². The molecule has 0 unspecified atom stereocenters. The number of aromatic amines is 1. The fraction of sp³-hybridized carbons (Fsp3) is 0.353. The summed E-state index contributed by atoms with van der Waals surface area (Å²) in [4.78, 5) is 15.3. The van der Waals surface area contributed by atoms with Crippen molar-refractivity contribution in [3.05, 3.63) is 46.3 Å². The molecule has 0 radical (unpaired) electrons. The minimum atomic E-state index is -0.342. The first-order valence-corrected chi connectivity index (χ1v) is 8.26. The number of aromatic nitrogens is 6. The van der Waals surface area contributed by atoms with Gasteiger partial charge in [-0.25, -0.2) is 9.48 Å². The summed E-state index contributed by atoms with van der Waals surface area (Å²) in [5.41, 5.74) is 4.60. The third kappa shape index (κ3) is 3.15. The maximum absolute atomic E-state index is 12.1. The zero-order valence-corrected chi connectivity index (χ0v) is 15.4. The molecule has 3 heterocycles. The molecule has 3 rings (SSSR count). The van der Waals surface area contributed by atoms with Crippen LogP contribution in [0.4, 0.5) is 0 Å². The molecule has 0 spiro atoms. The third-order valence-corrected chi connectivity index (χ3v) is 3.98. The van der Waals surface area contributed by atoms with Crippen molar-refractivity contribution in [3.63, 3.8) is 0 Å². The molecule has 0 bridgehead atoms. The van der Waals surface area contributed by atoms with Crippen molar-refractivity contribution in [2.75, 3.05) is 6.61 Å². The van der Waals surface area contributed by atoms with Gasteiger partial charge in [0, 0.05) is 11.4 Å². The molecule has 0 fully saturated rings. The van der Waals surface area contributed by atoms with Crippen LogP contribution in [-0.4, -0.2) is 48.4 Å². The van der Waals surface area contributed by atoms with Crippen LogP contribution in [0, 0.1) is 27.7 Å². The molecule has 26 heavy (non-hydrogen) atoms. The highest BCUT2D eigenvalue weighted by molar-refractivity contribution is 5.96. The van der Waals surface area contributed by atoms with E-state index in [-0.39, 0.29) is 5.97 Å². The number of ether oxygens (including phenoxy) is 1. The van der Waals surface area contributed by atoms with Crippen LogP contribution in [0.15, 0.2) is 17.5 Å². The number of hydrogen-bond acceptors (Lipinski definition) is 6. The van der Waals surface area contributed by atoms with E-state index in [2.05, 4.69) is 25.4 Å². The fourth-order valence-corrected chi connectivity index (χ4v) is 2.81. The molecular formula is C17H21N7O2. The van der Waals surface area contributed by atoms with Gasteiger partial charge in [0.05, 0.1) is 29.8 Å². The average molecular weight is 355 g/mol. The van der Waals surface area contributed by atoms with Gasteiger partial charge in [0.25, 0.3) is 5.95 Å². The number of nitrogens with one attached hydrogen (secondary N) is 1. The lowest BCUT2D eigenvalue weighted by molar-refractivity contribution is 0.0525. The van der Waals surface area contributed by atoms with Crippen molar-refractivity contribution in [2.45, 2.75) is 34.6 Å². The van der Waals surface area contributed by atoms with Crippen LogP contribution in [0.1, 0.15) is 45.6 Å². The number of esters is 1. The van der Waals surface area contributed by atoms with Gasteiger partial charge >= 0.3 is 5.97 Å². The van der Waals surface area contributed by atoms with Gasteiger partial charge in [-0.05, 0) is 46.2 Å². The Morgan fingerprint density at radius 3 is 2.77 bits per heavy atom. The standard InChI is InChI=1S/C17H21N7O2/c1-6-26-16(25)15-12(4)14(20-13(15)5)8-19-23-9-18-21-17(23)24-11(3)7-10(2)22-24/h7-9,20H,6H2,1-5H3/b19-8+. The van der Waals surface area contributed by atoms with Crippen molar-refractivity contribution in [1.82, 2.24) is 29.6 Å². The van der Waals surface area contributed by atoms with Gasteiger partial charge in [-0.2, -0.15) is 14.9 Å². The Hall–Kier alpha value is -3.23. The SMILES string of the molecule is CCOC(=O)c1c(C)[nH]c(/C=N/n2cnnc2-n2nc(C)cc2C)c1C. The Morgan fingerprint density at radius 1 is 1.35 bits per heavy atom. The van der Waals surface area contributed by atoms with Gasteiger partial charge in [0.15, 0.2) is 0 Å². The first-order valence-electron chi connectivity index (χ1n) is 8.26. The number of carbonyl (C=O) groups is 1. The molecule has 0 saturated carbocycles. The predicted molar refractivity (Wildman–Crippen MR) is 95.8 cm³/mol. The molecule has 0 aliphatic carbocycles. The van der Waals surface area contributed by atoms with Gasteiger partial charge in [-0.15, -0.1) is 10.2 Å². The smallest absolute Gasteiger partial charge is 0.340 e. The average Bonchev–Trinajstić information content (AvgIpc) is 3.23. The lowest BCUT2D eigenvalue weighted by Gasteiger charge is -2.02. The van der Waals surface area contributed by atoms with Crippen LogP contribution in [0.3, 0.4) is 0 Å². The Kier molecular flexibility index (Phi) is 4.70. The highest BCUT2D eigenvalue weighted by atomic mass is 16.5. The summed E-state index contributed by atoms with van der Waals surface area (Å²) < 4.78 is 8.31. The van der Waals surface area contributed by atoms with Crippen molar-refractivity contribution in [3.8, 4) is 5.95 Å². The monoisotopic (exact) mass is 355 g/mol. The number of hydrogen-bond donors (Lipinski definition) is 1. The van der Waals surface area contributed by atoms with E-state index in [1.807, 2.05) is 33.8 Å². The Bertz CT molecular complexity index is 978.